The average Bonchev–Trinajstić information content (AvgIpc) is 3.21. The summed E-state index contributed by atoms with van der Waals surface area (Å²) < 4.78 is 7.77. The smallest absolute Gasteiger partial charge is 0.234 e. The normalized spacial score (nSPS) is 10.8. The van der Waals surface area contributed by atoms with E-state index in [1.807, 2.05) is 53.1 Å². The number of aryl methyl sites for hydroxylation is 1. The topological polar surface area (TPSA) is 69.0 Å². The standard InChI is InChI=1S/C24H30N4O2S/c1-4-7-16-30-20-14-12-19(13-15-20)23-26-27-24(28(23)6-3)31-17-22(29)25-21-11-9-8-10-18(21)5-2/h8-15H,4-7,16-17H2,1-3H3,(H,25,29). The SMILES string of the molecule is CCCCOc1ccc(-c2nnc(SCC(=O)Nc3ccccc3CC)n2CC)cc1. The van der Waals surface area contributed by atoms with E-state index in [-0.39, 0.29) is 11.7 Å². The average molecular weight is 439 g/mol. The van der Waals surface area contributed by atoms with E-state index in [4.69, 9.17) is 4.74 Å². The van der Waals surface area contributed by atoms with Crippen LogP contribution in [0.4, 0.5) is 5.69 Å². The van der Waals surface area contributed by atoms with Gasteiger partial charge in [0, 0.05) is 17.8 Å². The van der Waals surface area contributed by atoms with Crippen molar-refractivity contribution in [2.24, 2.45) is 0 Å². The molecule has 0 radical (unpaired) electrons. The molecule has 0 spiro atoms. The van der Waals surface area contributed by atoms with Crippen molar-refractivity contribution in [2.45, 2.75) is 51.7 Å². The van der Waals surface area contributed by atoms with Crippen molar-refractivity contribution in [2.75, 3.05) is 17.7 Å². The number of carbonyl (C=O) groups excluding carboxylic acids is 1. The van der Waals surface area contributed by atoms with Crippen LogP contribution < -0.4 is 10.1 Å². The van der Waals surface area contributed by atoms with Gasteiger partial charge in [0.25, 0.3) is 0 Å². The lowest BCUT2D eigenvalue weighted by atomic mass is 10.1. The molecule has 0 bridgehead atoms. The van der Waals surface area contributed by atoms with Crippen molar-refractivity contribution in [3.8, 4) is 17.1 Å². The van der Waals surface area contributed by atoms with E-state index in [9.17, 15) is 4.79 Å². The minimum atomic E-state index is -0.0494. The molecule has 31 heavy (non-hydrogen) atoms. The molecule has 0 aliphatic rings. The predicted molar refractivity (Wildman–Crippen MR) is 127 cm³/mol. The third-order valence-corrected chi connectivity index (χ3v) is 5.88. The van der Waals surface area contributed by atoms with Crippen molar-refractivity contribution < 1.29 is 9.53 Å². The van der Waals surface area contributed by atoms with E-state index >= 15 is 0 Å². The van der Waals surface area contributed by atoms with Gasteiger partial charge in [-0.3, -0.25) is 4.79 Å². The van der Waals surface area contributed by atoms with Gasteiger partial charge >= 0.3 is 0 Å². The highest BCUT2D eigenvalue weighted by molar-refractivity contribution is 7.99. The Morgan fingerprint density at radius 1 is 1.06 bits per heavy atom. The number of hydrogen-bond donors (Lipinski definition) is 1. The molecule has 2 aromatic carbocycles. The number of ether oxygens (including phenoxy) is 1. The third kappa shape index (κ3) is 6.10. The van der Waals surface area contributed by atoms with E-state index < -0.39 is 0 Å². The van der Waals surface area contributed by atoms with Crippen LogP contribution in [0.25, 0.3) is 11.4 Å². The van der Waals surface area contributed by atoms with E-state index in [1.54, 1.807) is 0 Å². The molecule has 1 amide bonds. The van der Waals surface area contributed by atoms with Crippen molar-refractivity contribution in [1.29, 1.82) is 0 Å². The molecule has 0 aliphatic carbocycles. The summed E-state index contributed by atoms with van der Waals surface area (Å²) in [6.45, 7) is 7.73. The number of nitrogens with one attached hydrogen (secondary N) is 1. The van der Waals surface area contributed by atoms with Crippen LogP contribution >= 0.6 is 11.8 Å². The number of aromatic nitrogens is 3. The molecular weight excluding hydrogens is 408 g/mol. The number of unbranched alkanes of at least 4 members (excludes halogenated alkanes) is 1. The Morgan fingerprint density at radius 3 is 2.55 bits per heavy atom. The van der Waals surface area contributed by atoms with Crippen LogP contribution in [0.1, 0.15) is 39.2 Å². The lowest BCUT2D eigenvalue weighted by molar-refractivity contribution is -0.113. The monoisotopic (exact) mass is 438 g/mol. The van der Waals surface area contributed by atoms with E-state index in [1.165, 1.54) is 11.8 Å². The second-order valence-corrected chi connectivity index (χ2v) is 8.07. The highest BCUT2D eigenvalue weighted by Gasteiger charge is 2.15. The summed E-state index contributed by atoms with van der Waals surface area (Å²) >= 11 is 1.40. The quantitative estimate of drug-likeness (QED) is 0.319. The summed E-state index contributed by atoms with van der Waals surface area (Å²) in [7, 11) is 0. The number of anilines is 1. The first-order chi connectivity index (χ1) is 15.2. The third-order valence-electron chi connectivity index (χ3n) is 4.92. The summed E-state index contributed by atoms with van der Waals surface area (Å²) in [6.07, 6.45) is 3.03. The summed E-state index contributed by atoms with van der Waals surface area (Å²) in [5.41, 5.74) is 2.97. The molecule has 1 N–H and O–H groups in total. The molecule has 1 aromatic heterocycles. The molecule has 3 rings (SSSR count). The van der Waals surface area contributed by atoms with Gasteiger partial charge in [-0.1, -0.05) is 50.2 Å². The first-order valence-electron chi connectivity index (χ1n) is 10.8. The number of benzene rings is 2. The Labute approximate surface area is 188 Å². The molecule has 0 unspecified atom stereocenters. The molecule has 0 atom stereocenters. The Bertz CT molecular complexity index is 985. The summed E-state index contributed by atoms with van der Waals surface area (Å²) in [6, 6.07) is 15.8. The van der Waals surface area contributed by atoms with E-state index in [0.29, 0.717) is 0 Å². The molecule has 7 heteroatoms. The largest absolute Gasteiger partial charge is 0.494 e. The van der Waals surface area contributed by atoms with Gasteiger partial charge in [-0.05, 0) is 55.7 Å². The van der Waals surface area contributed by atoms with E-state index in [0.717, 1.165) is 66.0 Å². The number of carbonyl (C=O) groups is 1. The predicted octanol–water partition coefficient (Wildman–Crippen LogP) is 5.44. The zero-order valence-electron chi connectivity index (χ0n) is 18.4. The molecule has 3 aromatic rings. The molecule has 6 nitrogen and oxygen atoms in total. The van der Waals surface area contributed by atoms with Crippen LogP contribution in [0.5, 0.6) is 5.75 Å². The minimum absolute atomic E-state index is 0.0494. The van der Waals surface area contributed by atoms with Gasteiger partial charge in [-0.15, -0.1) is 10.2 Å². The van der Waals surface area contributed by atoms with Crippen molar-refractivity contribution in [3.05, 3.63) is 54.1 Å². The van der Waals surface area contributed by atoms with Gasteiger partial charge in [-0.25, -0.2) is 0 Å². The number of nitrogens with zero attached hydrogens (tertiary/aromatic N) is 3. The molecular formula is C24H30N4O2S. The highest BCUT2D eigenvalue weighted by atomic mass is 32.2. The zero-order valence-corrected chi connectivity index (χ0v) is 19.2. The lowest BCUT2D eigenvalue weighted by Crippen LogP contribution is -2.15. The first-order valence-corrected chi connectivity index (χ1v) is 11.8. The van der Waals surface area contributed by atoms with Gasteiger partial charge in [0.15, 0.2) is 11.0 Å². The van der Waals surface area contributed by atoms with Gasteiger partial charge in [-0.2, -0.15) is 0 Å². The molecule has 0 fully saturated rings. The number of hydrogen-bond acceptors (Lipinski definition) is 5. The van der Waals surface area contributed by atoms with Gasteiger partial charge in [0.05, 0.1) is 12.4 Å². The summed E-state index contributed by atoms with van der Waals surface area (Å²) in [5, 5.41) is 12.4. The Kier molecular flexibility index (Phi) is 8.53. The number of amides is 1. The van der Waals surface area contributed by atoms with Crippen molar-refractivity contribution in [3.63, 3.8) is 0 Å². The maximum atomic E-state index is 12.5. The number of para-hydroxylation sites is 1. The fourth-order valence-corrected chi connectivity index (χ4v) is 4.00. The molecule has 0 saturated heterocycles. The maximum absolute atomic E-state index is 12.5. The van der Waals surface area contributed by atoms with Crippen LogP contribution in [0.15, 0.2) is 53.7 Å². The van der Waals surface area contributed by atoms with Gasteiger partial charge in [0.2, 0.25) is 5.91 Å². The lowest BCUT2D eigenvalue weighted by Gasteiger charge is -2.10. The zero-order chi connectivity index (χ0) is 22.1. The minimum Gasteiger partial charge on any atom is -0.494 e. The Balaban J connectivity index is 1.64. The fourth-order valence-electron chi connectivity index (χ4n) is 3.20. The molecule has 0 saturated carbocycles. The molecule has 1 heterocycles. The molecule has 164 valence electrons. The number of rotatable bonds is 11. The number of thioether (sulfide) groups is 1. The molecule has 0 aliphatic heterocycles. The van der Waals surface area contributed by atoms with Crippen LogP contribution in [-0.4, -0.2) is 33.0 Å². The highest BCUT2D eigenvalue weighted by Crippen LogP contribution is 2.26. The first kappa shape index (κ1) is 22.9. The van der Waals surface area contributed by atoms with Gasteiger partial charge < -0.3 is 14.6 Å². The summed E-state index contributed by atoms with van der Waals surface area (Å²) in [4.78, 5) is 12.5. The second-order valence-electron chi connectivity index (χ2n) is 7.12. The van der Waals surface area contributed by atoms with Gasteiger partial charge in [0.1, 0.15) is 5.75 Å². The van der Waals surface area contributed by atoms with Crippen LogP contribution in [0, 0.1) is 0 Å². The summed E-state index contributed by atoms with van der Waals surface area (Å²) in [5.74, 6) is 1.88. The van der Waals surface area contributed by atoms with E-state index in [2.05, 4.69) is 36.3 Å². The van der Waals surface area contributed by atoms with Crippen LogP contribution in [0.2, 0.25) is 0 Å². The Hall–Kier alpha value is -2.80. The Morgan fingerprint density at radius 2 is 1.84 bits per heavy atom. The second kappa shape index (κ2) is 11.6. The van der Waals surface area contributed by atoms with Crippen molar-refractivity contribution in [1.82, 2.24) is 14.8 Å². The van der Waals surface area contributed by atoms with Crippen LogP contribution in [-0.2, 0) is 17.8 Å². The fraction of sp³-hybridized carbons (Fsp3) is 0.375. The van der Waals surface area contributed by atoms with Crippen molar-refractivity contribution >= 4 is 23.4 Å². The van der Waals surface area contributed by atoms with Crippen LogP contribution in [0.3, 0.4) is 0 Å². The maximum Gasteiger partial charge on any atom is 0.234 e.